The van der Waals surface area contributed by atoms with E-state index in [-0.39, 0.29) is 28.7 Å². The number of sulfonamides is 1. The van der Waals surface area contributed by atoms with Gasteiger partial charge in [0.2, 0.25) is 21.8 Å². The van der Waals surface area contributed by atoms with Gasteiger partial charge in [-0.05, 0) is 76.1 Å². The fourth-order valence-electron chi connectivity index (χ4n) is 5.52. The Morgan fingerprint density at radius 2 is 1.50 bits per heavy atom. The molecule has 4 aliphatic rings. The first-order valence-corrected chi connectivity index (χ1v) is 15.7. The average Bonchev–Trinajstić information content (AvgIpc) is 3.73. The molecule has 3 heterocycles. The Morgan fingerprint density at radius 3 is 2.11 bits per heavy atom. The van der Waals surface area contributed by atoms with E-state index >= 15 is 0 Å². The highest BCUT2D eigenvalue weighted by Gasteiger charge is 2.52. The second kappa shape index (κ2) is 8.66. The lowest BCUT2D eigenvalue weighted by Gasteiger charge is -2.37. The van der Waals surface area contributed by atoms with Crippen LogP contribution in [0.15, 0.2) is 29.4 Å². The van der Waals surface area contributed by atoms with E-state index in [9.17, 15) is 16.8 Å². The number of benzene rings is 1. The van der Waals surface area contributed by atoms with Crippen LogP contribution >= 0.6 is 0 Å². The highest BCUT2D eigenvalue weighted by Crippen LogP contribution is 2.44. The third kappa shape index (κ3) is 4.28. The third-order valence-electron chi connectivity index (χ3n) is 7.78. The fraction of sp³-hybridized carbons (Fsp3) is 0.600. The Balaban J connectivity index is 1.16. The van der Waals surface area contributed by atoms with Crippen LogP contribution in [0, 0.1) is 13.8 Å². The number of piperidine rings is 1. The molecule has 2 saturated carbocycles. The summed E-state index contributed by atoms with van der Waals surface area (Å²) in [7, 11) is -6.46. The van der Waals surface area contributed by atoms with Gasteiger partial charge < -0.3 is 9.47 Å². The second-order valence-electron chi connectivity index (χ2n) is 10.6. The maximum atomic E-state index is 12.9. The van der Waals surface area contributed by atoms with E-state index in [2.05, 4.69) is 9.97 Å². The molecule has 4 fully saturated rings. The zero-order valence-electron chi connectivity index (χ0n) is 20.5. The average molecular weight is 534 g/mol. The van der Waals surface area contributed by atoms with Gasteiger partial charge in [0.15, 0.2) is 9.84 Å². The largest absolute Gasteiger partial charge is 0.474 e. The van der Waals surface area contributed by atoms with Crippen LogP contribution < -0.4 is 9.47 Å². The standard InChI is InChI=1S/C25H31N3O6S2/c1-15-11-22(35(29,30)20-5-6-20)9-10-23(15)34-25-16(2)24(26-14-27-25)33-19-12-17-3-4-18(13-19)28(17)36(31,32)21-7-8-21/h9-11,14,17-21H,3-8,12-13H2,1-2H3/t17-,18?,19+/m0/s1. The summed E-state index contributed by atoms with van der Waals surface area (Å²) in [4.78, 5) is 8.92. The number of aromatic nitrogens is 2. The van der Waals surface area contributed by atoms with Gasteiger partial charge in [-0.1, -0.05) is 0 Å². The van der Waals surface area contributed by atoms with Crippen molar-refractivity contribution in [3.8, 4) is 17.5 Å². The summed E-state index contributed by atoms with van der Waals surface area (Å²) in [5, 5.41) is -0.448. The number of sulfone groups is 1. The lowest BCUT2D eigenvalue weighted by Crippen LogP contribution is -2.50. The van der Waals surface area contributed by atoms with Crippen molar-refractivity contribution in [3.05, 3.63) is 35.7 Å². The molecule has 194 valence electrons. The summed E-state index contributed by atoms with van der Waals surface area (Å²) < 4.78 is 65.0. The molecule has 11 heteroatoms. The van der Waals surface area contributed by atoms with Crippen LogP contribution in [-0.4, -0.2) is 59.8 Å². The quantitative estimate of drug-likeness (QED) is 0.505. The number of ether oxygens (including phenoxy) is 2. The Morgan fingerprint density at radius 1 is 0.861 bits per heavy atom. The number of aryl methyl sites for hydroxylation is 1. The molecule has 6 rings (SSSR count). The minimum absolute atomic E-state index is 0.00899. The van der Waals surface area contributed by atoms with Gasteiger partial charge in [0.25, 0.3) is 0 Å². The summed E-state index contributed by atoms with van der Waals surface area (Å²) in [6.07, 6.45) is 7.32. The number of hydrogen-bond donors (Lipinski definition) is 0. The van der Waals surface area contributed by atoms with Gasteiger partial charge in [0.05, 0.1) is 21.0 Å². The molecule has 2 aliphatic carbocycles. The molecule has 0 amide bonds. The number of hydrogen-bond acceptors (Lipinski definition) is 8. The summed E-state index contributed by atoms with van der Waals surface area (Å²) in [5.41, 5.74) is 1.35. The van der Waals surface area contributed by atoms with Crippen molar-refractivity contribution in [1.29, 1.82) is 0 Å². The van der Waals surface area contributed by atoms with Crippen molar-refractivity contribution < 1.29 is 26.3 Å². The molecule has 0 radical (unpaired) electrons. The van der Waals surface area contributed by atoms with Crippen LogP contribution in [0.25, 0.3) is 0 Å². The Bertz CT molecular complexity index is 1390. The first-order chi connectivity index (χ1) is 17.1. The van der Waals surface area contributed by atoms with Gasteiger partial charge in [-0.2, -0.15) is 4.31 Å². The van der Waals surface area contributed by atoms with Crippen LogP contribution in [0.3, 0.4) is 0 Å². The van der Waals surface area contributed by atoms with Gasteiger partial charge in [0.1, 0.15) is 18.2 Å². The maximum Gasteiger partial charge on any atom is 0.229 e. The van der Waals surface area contributed by atoms with Crippen molar-refractivity contribution in [2.45, 2.75) is 98.8 Å². The highest BCUT2D eigenvalue weighted by molar-refractivity contribution is 7.92. The molecule has 0 spiro atoms. The monoisotopic (exact) mass is 533 g/mol. The Hall–Kier alpha value is -2.24. The predicted molar refractivity (Wildman–Crippen MR) is 132 cm³/mol. The van der Waals surface area contributed by atoms with E-state index in [1.165, 1.54) is 6.33 Å². The normalized spacial score (nSPS) is 26.7. The zero-order chi connectivity index (χ0) is 25.2. The molecule has 3 atom stereocenters. The molecule has 1 aromatic heterocycles. The number of fused-ring (bicyclic) bond motifs is 2. The molecular weight excluding hydrogens is 502 g/mol. The van der Waals surface area contributed by atoms with Crippen LogP contribution in [-0.2, 0) is 19.9 Å². The lowest BCUT2D eigenvalue weighted by atomic mass is 10.0. The van der Waals surface area contributed by atoms with Gasteiger partial charge in [-0.15, -0.1) is 0 Å². The number of rotatable bonds is 8. The van der Waals surface area contributed by atoms with Gasteiger partial charge in [0, 0.05) is 24.9 Å². The highest BCUT2D eigenvalue weighted by atomic mass is 32.2. The summed E-state index contributed by atoms with van der Waals surface area (Å²) >= 11 is 0. The molecule has 36 heavy (non-hydrogen) atoms. The molecular formula is C25H31N3O6S2. The van der Waals surface area contributed by atoms with Crippen LogP contribution in [0.1, 0.15) is 62.5 Å². The van der Waals surface area contributed by atoms with Crippen molar-refractivity contribution in [2.24, 2.45) is 0 Å². The topological polar surface area (TPSA) is 116 Å². The minimum atomic E-state index is -3.27. The van der Waals surface area contributed by atoms with Gasteiger partial charge in [-0.3, -0.25) is 0 Å². The molecule has 1 unspecified atom stereocenters. The first kappa shape index (κ1) is 24.1. The smallest absolute Gasteiger partial charge is 0.229 e. The molecule has 2 bridgehead atoms. The molecule has 9 nitrogen and oxygen atoms in total. The van der Waals surface area contributed by atoms with E-state index < -0.39 is 19.9 Å². The van der Waals surface area contributed by atoms with Crippen molar-refractivity contribution in [1.82, 2.24) is 14.3 Å². The van der Waals surface area contributed by atoms with Gasteiger partial charge in [-0.25, -0.2) is 26.8 Å². The van der Waals surface area contributed by atoms with Crippen molar-refractivity contribution in [2.75, 3.05) is 0 Å². The summed E-state index contributed by atoms with van der Waals surface area (Å²) in [6.45, 7) is 3.64. The fourth-order valence-corrected chi connectivity index (χ4v) is 9.55. The zero-order valence-corrected chi connectivity index (χ0v) is 22.1. The lowest BCUT2D eigenvalue weighted by molar-refractivity contribution is 0.0906. The molecule has 2 aliphatic heterocycles. The first-order valence-electron chi connectivity index (χ1n) is 12.7. The van der Waals surface area contributed by atoms with E-state index in [4.69, 9.17) is 9.47 Å². The van der Waals surface area contributed by atoms with E-state index in [1.54, 1.807) is 22.5 Å². The van der Waals surface area contributed by atoms with E-state index in [0.717, 1.165) is 38.5 Å². The maximum absolute atomic E-state index is 12.9. The number of nitrogens with zero attached hydrogens (tertiary/aromatic N) is 3. The molecule has 1 aromatic carbocycles. The molecule has 0 N–H and O–H groups in total. The SMILES string of the molecule is Cc1cc(S(=O)(=O)C2CC2)ccc1Oc1ncnc(O[C@H]2CC3CC[C@@H](C2)N3S(=O)(=O)C2CC2)c1C. The van der Waals surface area contributed by atoms with Crippen LogP contribution in [0.4, 0.5) is 0 Å². The van der Waals surface area contributed by atoms with E-state index in [0.29, 0.717) is 46.4 Å². The minimum Gasteiger partial charge on any atom is -0.474 e. The van der Waals surface area contributed by atoms with Crippen LogP contribution in [0.2, 0.25) is 0 Å². The summed E-state index contributed by atoms with van der Waals surface area (Å²) in [6, 6.07) is 4.88. The van der Waals surface area contributed by atoms with Gasteiger partial charge >= 0.3 is 0 Å². The third-order valence-corrected chi connectivity index (χ3v) is 12.5. The predicted octanol–water partition coefficient (Wildman–Crippen LogP) is 3.69. The van der Waals surface area contributed by atoms with Crippen molar-refractivity contribution in [3.63, 3.8) is 0 Å². The Kier molecular flexibility index (Phi) is 5.80. The molecule has 2 aromatic rings. The Labute approximate surface area is 212 Å². The van der Waals surface area contributed by atoms with Crippen LogP contribution in [0.5, 0.6) is 17.5 Å². The second-order valence-corrected chi connectivity index (χ2v) is 14.9. The van der Waals surface area contributed by atoms with E-state index in [1.807, 2.05) is 13.8 Å². The molecule has 2 saturated heterocycles. The summed E-state index contributed by atoms with van der Waals surface area (Å²) in [5.74, 6) is 1.29. The van der Waals surface area contributed by atoms with Crippen molar-refractivity contribution >= 4 is 19.9 Å².